The molecule has 0 aliphatic rings. The molecule has 0 aliphatic carbocycles. The number of amides is 2. The molecule has 6 nitrogen and oxygen atoms in total. The molecule has 0 radical (unpaired) electrons. The molecule has 0 saturated heterocycles. The zero-order valence-corrected chi connectivity index (χ0v) is 22.2. The zero-order chi connectivity index (χ0) is 25.5. The van der Waals surface area contributed by atoms with Gasteiger partial charge in [0.05, 0.1) is 14.2 Å². The molecule has 2 aromatic carbocycles. The molecule has 0 fully saturated rings. The first-order valence-corrected chi connectivity index (χ1v) is 12.0. The fraction of sp³-hybridized carbons (Fsp3) is 0.462. The van der Waals surface area contributed by atoms with Crippen LogP contribution in [-0.2, 0) is 22.6 Å². The van der Waals surface area contributed by atoms with Gasteiger partial charge in [-0.05, 0) is 63.4 Å². The Hall–Kier alpha value is -2.44. The van der Waals surface area contributed by atoms with Crippen LogP contribution >= 0.6 is 23.2 Å². The van der Waals surface area contributed by atoms with Gasteiger partial charge >= 0.3 is 0 Å². The highest BCUT2D eigenvalue weighted by molar-refractivity contribution is 6.36. The number of hydrogen-bond donors (Lipinski definition) is 1. The van der Waals surface area contributed by atoms with Crippen LogP contribution in [0.4, 0.5) is 0 Å². The van der Waals surface area contributed by atoms with Crippen LogP contribution in [-0.4, -0.2) is 42.5 Å². The summed E-state index contributed by atoms with van der Waals surface area (Å²) in [7, 11) is 3.15. The number of methoxy groups -OCH3 is 2. The molecule has 0 aromatic heterocycles. The van der Waals surface area contributed by atoms with Gasteiger partial charge in [0.25, 0.3) is 0 Å². The lowest BCUT2D eigenvalue weighted by molar-refractivity contribution is -0.142. The van der Waals surface area contributed by atoms with E-state index in [1.165, 1.54) is 0 Å². The monoisotopic (exact) mass is 508 g/mol. The normalized spacial score (nSPS) is 12.1. The number of rotatable bonds is 10. The summed E-state index contributed by atoms with van der Waals surface area (Å²) in [6.07, 6.45) is 1.13. The van der Waals surface area contributed by atoms with Crippen LogP contribution in [0, 0.1) is 0 Å². The van der Waals surface area contributed by atoms with E-state index in [9.17, 15) is 9.59 Å². The molecule has 0 spiro atoms. The molecular weight excluding hydrogens is 475 g/mol. The van der Waals surface area contributed by atoms with E-state index < -0.39 is 11.6 Å². The third-order valence-electron chi connectivity index (χ3n) is 5.35. The molecule has 1 N–H and O–H groups in total. The molecule has 2 amide bonds. The zero-order valence-electron chi connectivity index (χ0n) is 20.7. The Morgan fingerprint density at radius 1 is 1.03 bits per heavy atom. The fourth-order valence-electron chi connectivity index (χ4n) is 3.66. The Balaban J connectivity index is 2.32. The van der Waals surface area contributed by atoms with Gasteiger partial charge in [-0.25, -0.2) is 0 Å². The standard InChI is InChI=1S/C26H34Cl2N2O4/c1-7-21(25(32)29-26(2,3)4)30(16-18-19(27)9-8-10-20(18)28)24(31)14-12-17-11-13-22(33-5)23(15-17)34-6/h8-11,13,15,21H,7,12,14,16H2,1-6H3,(H,29,32)/t21-/m0/s1. The second-order valence-electron chi connectivity index (χ2n) is 9.07. The van der Waals surface area contributed by atoms with Crippen LogP contribution in [0.3, 0.4) is 0 Å². The molecule has 0 aliphatic heterocycles. The highest BCUT2D eigenvalue weighted by Gasteiger charge is 2.31. The van der Waals surface area contributed by atoms with Crippen molar-refractivity contribution >= 4 is 35.0 Å². The molecule has 0 heterocycles. The average molecular weight is 509 g/mol. The van der Waals surface area contributed by atoms with Crippen molar-refractivity contribution in [3.8, 4) is 11.5 Å². The third-order valence-corrected chi connectivity index (χ3v) is 6.06. The Kier molecular flexibility index (Phi) is 10.1. The fourth-order valence-corrected chi connectivity index (χ4v) is 4.17. The lowest BCUT2D eigenvalue weighted by atomic mass is 10.0. The van der Waals surface area contributed by atoms with Gasteiger partial charge in [0.15, 0.2) is 11.5 Å². The largest absolute Gasteiger partial charge is 0.493 e. The number of carbonyl (C=O) groups excluding carboxylic acids is 2. The minimum absolute atomic E-state index is 0.138. The minimum Gasteiger partial charge on any atom is -0.493 e. The molecule has 186 valence electrons. The second kappa shape index (κ2) is 12.3. The Labute approximate surface area is 212 Å². The van der Waals surface area contributed by atoms with Crippen LogP contribution in [0.1, 0.15) is 51.7 Å². The maximum atomic E-state index is 13.5. The summed E-state index contributed by atoms with van der Waals surface area (Å²) in [5.74, 6) is 0.847. The Morgan fingerprint density at radius 2 is 1.65 bits per heavy atom. The maximum absolute atomic E-state index is 13.5. The third kappa shape index (κ3) is 7.54. The first-order valence-electron chi connectivity index (χ1n) is 11.3. The van der Waals surface area contributed by atoms with Gasteiger partial charge in [-0.1, -0.05) is 42.3 Å². The van der Waals surface area contributed by atoms with Crippen LogP contribution < -0.4 is 14.8 Å². The molecule has 2 rings (SSSR count). The quantitative estimate of drug-likeness (QED) is 0.449. The van der Waals surface area contributed by atoms with Crippen molar-refractivity contribution in [1.82, 2.24) is 10.2 Å². The van der Waals surface area contributed by atoms with Crippen molar-refractivity contribution < 1.29 is 19.1 Å². The summed E-state index contributed by atoms with van der Waals surface area (Å²) >= 11 is 12.8. The highest BCUT2D eigenvalue weighted by atomic mass is 35.5. The molecule has 0 unspecified atom stereocenters. The number of ether oxygens (including phenoxy) is 2. The molecule has 1 atom stereocenters. The van der Waals surface area contributed by atoms with E-state index in [1.54, 1.807) is 37.3 Å². The highest BCUT2D eigenvalue weighted by Crippen LogP contribution is 2.29. The number of halogens is 2. The van der Waals surface area contributed by atoms with E-state index in [-0.39, 0.29) is 24.8 Å². The summed E-state index contributed by atoms with van der Waals surface area (Å²) in [5.41, 5.74) is 1.11. The van der Waals surface area contributed by atoms with Crippen molar-refractivity contribution in [1.29, 1.82) is 0 Å². The lowest BCUT2D eigenvalue weighted by Crippen LogP contribution is -2.53. The van der Waals surface area contributed by atoms with Gasteiger partial charge in [-0.2, -0.15) is 0 Å². The summed E-state index contributed by atoms with van der Waals surface area (Å²) in [6.45, 7) is 7.75. The van der Waals surface area contributed by atoms with Crippen molar-refractivity contribution in [3.63, 3.8) is 0 Å². The molecule has 2 aromatic rings. The maximum Gasteiger partial charge on any atom is 0.243 e. The molecule has 8 heteroatoms. The van der Waals surface area contributed by atoms with Crippen LogP contribution in [0.25, 0.3) is 0 Å². The predicted molar refractivity (Wildman–Crippen MR) is 137 cm³/mol. The number of nitrogens with zero attached hydrogens (tertiary/aromatic N) is 1. The van der Waals surface area contributed by atoms with E-state index in [2.05, 4.69) is 5.32 Å². The van der Waals surface area contributed by atoms with Crippen LogP contribution in [0.2, 0.25) is 10.0 Å². The first-order chi connectivity index (χ1) is 16.0. The van der Waals surface area contributed by atoms with Crippen molar-refractivity contribution in [2.45, 2.75) is 65.1 Å². The number of aryl methyl sites for hydroxylation is 1. The van der Waals surface area contributed by atoms with Gasteiger partial charge in [0.1, 0.15) is 6.04 Å². The first kappa shape index (κ1) is 27.8. The number of benzene rings is 2. The van der Waals surface area contributed by atoms with Crippen molar-refractivity contribution in [3.05, 3.63) is 57.6 Å². The summed E-state index contributed by atoms with van der Waals surface area (Å²) in [6, 6.07) is 10.1. The molecule has 0 saturated carbocycles. The van der Waals surface area contributed by atoms with Crippen molar-refractivity contribution in [2.75, 3.05) is 14.2 Å². The molecule has 34 heavy (non-hydrogen) atoms. The van der Waals surface area contributed by atoms with Gasteiger partial charge in [-0.3, -0.25) is 9.59 Å². The van der Waals surface area contributed by atoms with Gasteiger partial charge in [0.2, 0.25) is 11.8 Å². The smallest absolute Gasteiger partial charge is 0.243 e. The van der Waals surface area contributed by atoms with Gasteiger partial charge in [-0.15, -0.1) is 0 Å². The minimum atomic E-state index is -0.663. The second-order valence-corrected chi connectivity index (χ2v) is 9.89. The summed E-state index contributed by atoms with van der Waals surface area (Å²) in [4.78, 5) is 28.2. The average Bonchev–Trinajstić information content (AvgIpc) is 2.77. The van der Waals surface area contributed by atoms with E-state index >= 15 is 0 Å². The lowest BCUT2D eigenvalue weighted by Gasteiger charge is -2.33. The number of carbonyl (C=O) groups is 2. The summed E-state index contributed by atoms with van der Waals surface area (Å²) < 4.78 is 10.7. The van der Waals surface area contributed by atoms with E-state index in [0.29, 0.717) is 39.9 Å². The number of nitrogens with one attached hydrogen (secondary N) is 1. The van der Waals surface area contributed by atoms with Crippen LogP contribution in [0.5, 0.6) is 11.5 Å². The van der Waals surface area contributed by atoms with Gasteiger partial charge < -0.3 is 19.7 Å². The Morgan fingerprint density at radius 3 is 2.18 bits per heavy atom. The topological polar surface area (TPSA) is 67.9 Å². The summed E-state index contributed by atoms with van der Waals surface area (Å²) in [5, 5.41) is 3.90. The molecular formula is C26H34Cl2N2O4. The van der Waals surface area contributed by atoms with E-state index in [0.717, 1.165) is 5.56 Å². The van der Waals surface area contributed by atoms with E-state index in [1.807, 2.05) is 45.9 Å². The Bertz CT molecular complexity index is 985. The van der Waals surface area contributed by atoms with Crippen LogP contribution in [0.15, 0.2) is 36.4 Å². The number of hydrogen-bond acceptors (Lipinski definition) is 4. The van der Waals surface area contributed by atoms with Crippen molar-refractivity contribution in [2.24, 2.45) is 0 Å². The SMILES string of the molecule is CC[C@@H](C(=O)NC(C)(C)C)N(Cc1c(Cl)cccc1Cl)C(=O)CCc1ccc(OC)c(OC)c1. The predicted octanol–water partition coefficient (Wildman–Crippen LogP) is 5.67. The van der Waals surface area contributed by atoms with Gasteiger partial charge in [0, 0.05) is 34.1 Å². The van der Waals surface area contributed by atoms with E-state index in [4.69, 9.17) is 32.7 Å². The molecule has 0 bridgehead atoms.